The minimum atomic E-state index is -0.655. The molecular formula is C60H65F2N11O6. The minimum absolute atomic E-state index is 0.0200. The molecule has 4 unspecified atom stereocenters. The molecule has 17 nitrogen and oxygen atoms in total. The maximum Gasteiger partial charge on any atom is 0.410 e. The molecule has 2 N–H and O–H groups in total. The number of amides is 2. The van der Waals surface area contributed by atoms with Crippen LogP contribution in [-0.4, -0.2) is 145 Å². The van der Waals surface area contributed by atoms with Gasteiger partial charge in [0.05, 0.1) is 27.5 Å². The zero-order valence-corrected chi connectivity index (χ0v) is 44.5. The fourth-order valence-electron chi connectivity index (χ4n) is 15.0. The number of aryl methyl sites for hydroxylation is 1. The molecule has 6 aromatic rings. The standard InChI is InChI=1S/C60H65F2N11O6/c1-4-41-44(61)16-13-36-8-5-9-42(49(36)41)51-50(62)52-43(31-63-51)54(71-32-37-14-15-38(33-71)65-37)67-56(66-52)77-34-59-22-7-25-72(59)60(24-23-59)30-48(60)79-58(76)70-26-18-39(19-27-70)69-28-20-40(21-29-69)78-47-11-6-10-45-53(47)68(3)57(75)73(45)46-17-12-35(2)64-55(46)74/h1,5-6,8-11,13,16,31,37-40,46,48,65H,2,7,12,14-15,17-30,32-34H2,3H3,(H,64,74)/t37?,38?,46?,48?,59-,60+/m0/s1. The van der Waals surface area contributed by atoms with Crippen molar-refractivity contribution in [2.45, 2.75) is 131 Å². The number of carbonyl (C=O) groups excluding carboxylic acids is 2. The number of carbonyl (C=O) groups is 2. The van der Waals surface area contributed by atoms with Gasteiger partial charge in [0.25, 0.3) is 0 Å². The molecule has 7 saturated heterocycles. The smallest absolute Gasteiger partial charge is 0.410 e. The quantitative estimate of drug-likeness (QED) is 0.131. The average molecular weight is 1070 g/mol. The normalized spacial score (nSPS) is 27.5. The Hall–Kier alpha value is -7.14. The maximum absolute atomic E-state index is 17.3. The molecule has 2 amide bonds. The lowest BCUT2D eigenvalue weighted by Crippen LogP contribution is -2.51. The molecule has 14 rings (SSSR count). The summed E-state index contributed by atoms with van der Waals surface area (Å²) >= 11 is 0. The zero-order valence-electron chi connectivity index (χ0n) is 44.5. The molecule has 2 bridgehead atoms. The van der Waals surface area contributed by atoms with Gasteiger partial charge in [0.2, 0.25) is 5.91 Å². The number of anilines is 1. The van der Waals surface area contributed by atoms with Crippen molar-refractivity contribution in [3.8, 4) is 35.4 Å². The number of piperidine rings is 3. The Morgan fingerprint density at radius 1 is 0.924 bits per heavy atom. The van der Waals surface area contributed by atoms with Gasteiger partial charge in [-0.1, -0.05) is 42.8 Å². The Balaban J connectivity index is 0.616. The number of halogens is 2. The number of nitrogens with one attached hydrogen (secondary N) is 2. The van der Waals surface area contributed by atoms with Crippen molar-refractivity contribution < 1.29 is 32.6 Å². The molecule has 7 aliphatic heterocycles. The topological polar surface area (TPSA) is 164 Å². The summed E-state index contributed by atoms with van der Waals surface area (Å²) in [7, 11) is 1.73. The van der Waals surface area contributed by atoms with Crippen LogP contribution in [0.5, 0.6) is 11.8 Å². The number of allylic oxidation sites excluding steroid dienone is 1. The third kappa shape index (κ3) is 8.41. The van der Waals surface area contributed by atoms with Crippen molar-refractivity contribution in [2.75, 3.05) is 57.3 Å². The van der Waals surface area contributed by atoms with Gasteiger partial charge in [0, 0.05) is 93.7 Å². The summed E-state index contributed by atoms with van der Waals surface area (Å²) in [5.74, 6) is 2.26. The third-order valence-corrected chi connectivity index (χ3v) is 19.1. The van der Waals surface area contributed by atoms with Crippen molar-refractivity contribution in [1.29, 1.82) is 0 Å². The summed E-state index contributed by atoms with van der Waals surface area (Å²) in [6.07, 6.45) is 18.0. The van der Waals surface area contributed by atoms with Crippen LogP contribution in [0.4, 0.5) is 19.4 Å². The van der Waals surface area contributed by atoms with Gasteiger partial charge in [0.1, 0.15) is 59.0 Å². The first kappa shape index (κ1) is 50.1. The molecule has 6 atom stereocenters. The van der Waals surface area contributed by atoms with E-state index in [4.69, 9.17) is 30.6 Å². The van der Waals surface area contributed by atoms with E-state index in [1.54, 1.807) is 40.6 Å². The van der Waals surface area contributed by atoms with E-state index in [1.165, 1.54) is 6.07 Å². The van der Waals surface area contributed by atoms with Gasteiger partial charge in [-0.05, 0) is 107 Å². The Kier molecular flexibility index (Phi) is 12.2. The van der Waals surface area contributed by atoms with E-state index in [2.05, 4.69) is 42.8 Å². The van der Waals surface area contributed by atoms with E-state index in [-0.39, 0.29) is 63.8 Å². The molecule has 1 aliphatic carbocycles. The van der Waals surface area contributed by atoms with E-state index in [0.717, 1.165) is 90.3 Å². The van der Waals surface area contributed by atoms with E-state index in [1.807, 2.05) is 29.2 Å². The number of imidazole rings is 1. The fraction of sp³-hybridized carbons (Fsp3) is 0.500. The lowest BCUT2D eigenvalue weighted by Gasteiger charge is -2.41. The van der Waals surface area contributed by atoms with Gasteiger partial charge >= 0.3 is 17.8 Å². The predicted octanol–water partition coefficient (Wildman–Crippen LogP) is 7.33. The van der Waals surface area contributed by atoms with Crippen LogP contribution in [0, 0.1) is 24.0 Å². The SMILES string of the molecule is C#Cc1c(F)ccc2cccc(-c3ncc4c(N5CC6CCC(C5)N6)nc(OC[C@@]56CCCN5[C@]5(CC6)CC5OC(=O)N5CCC(N6CCC(Oc7cccc8c7n(C)c(=O)n8C7CCC(=C)NC7=O)CC6)CC5)nc4c3F)c12. The molecule has 8 aliphatic rings. The second kappa shape index (κ2) is 19.3. The van der Waals surface area contributed by atoms with E-state index in [0.29, 0.717) is 114 Å². The van der Waals surface area contributed by atoms with Crippen LogP contribution in [0.3, 0.4) is 0 Å². The average Bonchev–Trinajstić information content (AvgIpc) is 2.60. The number of ether oxygens (including phenoxy) is 3. The van der Waals surface area contributed by atoms with Crippen LogP contribution in [0.2, 0.25) is 0 Å². The van der Waals surface area contributed by atoms with Crippen molar-refractivity contribution in [3.63, 3.8) is 0 Å². The number of para-hydroxylation sites is 1. The van der Waals surface area contributed by atoms with E-state index >= 15 is 8.78 Å². The van der Waals surface area contributed by atoms with Crippen molar-refractivity contribution >= 4 is 50.5 Å². The van der Waals surface area contributed by atoms with E-state index in [9.17, 15) is 14.4 Å². The molecule has 1 spiro atoms. The number of nitrogens with zero attached hydrogens (tertiary/aromatic N) is 9. The predicted molar refractivity (Wildman–Crippen MR) is 294 cm³/mol. The van der Waals surface area contributed by atoms with Gasteiger partial charge in [-0.2, -0.15) is 9.97 Å². The highest BCUT2D eigenvalue weighted by atomic mass is 19.1. The van der Waals surface area contributed by atoms with Gasteiger partial charge in [0.15, 0.2) is 5.82 Å². The summed E-state index contributed by atoms with van der Waals surface area (Å²) in [6.45, 7) is 9.49. The number of aromatic nitrogens is 5. The Morgan fingerprint density at radius 2 is 1.72 bits per heavy atom. The number of hydrogen-bond acceptors (Lipinski definition) is 13. The van der Waals surface area contributed by atoms with Crippen molar-refractivity contribution in [2.24, 2.45) is 7.05 Å². The van der Waals surface area contributed by atoms with Crippen LogP contribution in [0.1, 0.15) is 95.1 Å². The molecule has 10 heterocycles. The number of fused-ring (bicyclic) bond motifs is 7. The first-order valence-corrected chi connectivity index (χ1v) is 28.4. The first-order valence-electron chi connectivity index (χ1n) is 28.4. The molecule has 19 heteroatoms. The summed E-state index contributed by atoms with van der Waals surface area (Å²) in [5.41, 5.74) is 1.77. The van der Waals surface area contributed by atoms with Gasteiger partial charge in [-0.3, -0.25) is 28.7 Å². The van der Waals surface area contributed by atoms with Crippen LogP contribution in [0.25, 0.3) is 44.0 Å². The monoisotopic (exact) mass is 1070 g/mol. The molecule has 1 saturated carbocycles. The highest BCUT2D eigenvalue weighted by Gasteiger charge is 2.70. The van der Waals surface area contributed by atoms with Crippen LogP contribution < -0.4 is 30.7 Å². The molecule has 8 fully saturated rings. The molecular weight excluding hydrogens is 1010 g/mol. The largest absolute Gasteiger partial charge is 0.488 e. The maximum atomic E-state index is 17.3. The molecule has 3 aromatic carbocycles. The first-order chi connectivity index (χ1) is 38.4. The highest BCUT2D eigenvalue weighted by Crippen LogP contribution is 2.60. The van der Waals surface area contributed by atoms with Gasteiger partial charge < -0.3 is 34.6 Å². The van der Waals surface area contributed by atoms with Gasteiger partial charge in [-0.25, -0.2) is 18.4 Å². The lowest BCUT2D eigenvalue weighted by molar-refractivity contribution is -0.124. The Bertz CT molecular complexity index is 3590. The summed E-state index contributed by atoms with van der Waals surface area (Å²) in [6, 6.07) is 14.4. The lowest BCUT2D eigenvalue weighted by atomic mass is 9.95. The Labute approximate surface area is 456 Å². The second-order valence-corrected chi connectivity index (χ2v) is 23.5. The molecule has 0 radical (unpaired) electrons. The second-order valence-electron chi connectivity index (χ2n) is 23.5. The van der Waals surface area contributed by atoms with E-state index < -0.39 is 17.7 Å². The van der Waals surface area contributed by atoms with Gasteiger partial charge in [-0.15, -0.1) is 6.42 Å². The number of piperazine rings is 1. The Morgan fingerprint density at radius 3 is 2.51 bits per heavy atom. The number of likely N-dealkylation sites (tertiary alicyclic amines) is 2. The number of benzene rings is 3. The summed E-state index contributed by atoms with van der Waals surface area (Å²) in [5, 5.41) is 8.07. The minimum Gasteiger partial charge on any atom is -0.488 e. The van der Waals surface area contributed by atoms with Crippen molar-refractivity contribution in [1.82, 2.24) is 49.4 Å². The molecule has 410 valence electrons. The fourth-order valence-corrected chi connectivity index (χ4v) is 15.0. The molecule has 79 heavy (non-hydrogen) atoms. The number of terminal acetylenes is 1. The highest BCUT2D eigenvalue weighted by molar-refractivity contribution is 6.02. The molecule has 3 aromatic heterocycles. The summed E-state index contributed by atoms with van der Waals surface area (Å²) in [4.78, 5) is 64.0. The van der Waals surface area contributed by atoms with Crippen LogP contribution in [0.15, 0.2) is 71.8 Å². The number of pyridine rings is 1. The number of hydrogen-bond donors (Lipinski definition) is 2. The summed E-state index contributed by atoms with van der Waals surface area (Å²) < 4.78 is 55.3. The van der Waals surface area contributed by atoms with Crippen molar-refractivity contribution in [3.05, 3.63) is 94.7 Å². The van der Waals surface area contributed by atoms with Crippen LogP contribution in [-0.2, 0) is 16.6 Å². The van der Waals surface area contributed by atoms with Crippen LogP contribution >= 0.6 is 0 Å². The zero-order chi connectivity index (χ0) is 53.9. The third-order valence-electron chi connectivity index (χ3n) is 19.1. The number of rotatable bonds is 10.